The molecule has 0 aliphatic carbocycles. The lowest BCUT2D eigenvalue weighted by molar-refractivity contribution is 0.0523. The highest BCUT2D eigenvalue weighted by Crippen LogP contribution is 2.25. The largest absolute Gasteiger partial charge is 0.462 e. The van der Waals surface area contributed by atoms with E-state index in [4.69, 9.17) is 4.74 Å². The van der Waals surface area contributed by atoms with Crippen molar-refractivity contribution in [2.75, 3.05) is 6.61 Å². The van der Waals surface area contributed by atoms with Gasteiger partial charge in [-0.25, -0.2) is 4.79 Å². The maximum Gasteiger partial charge on any atom is 0.338 e. The molecule has 0 saturated carbocycles. The van der Waals surface area contributed by atoms with Crippen molar-refractivity contribution >= 4 is 11.8 Å². The molecule has 0 aliphatic rings. The third-order valence-corrected chi connectivity index (χ3v) is 3.90. The van der Waals surface area contributed by atoms with E-state index in [0.717, 1.165) is 5.56 Å². The molecule has 126 valence electrons. The average molecular weight is 333 g/mol. The lowest BCUT2D eigenvalue weighted by Crippen LogP contribution is -2.16. The van der Waals surface area contributed by atoms with Crippen LogP contribution in [0.15, 0.2) is 67.0 Å². The zero-order valence-electron chi connectivity index (χ0n) is 14.2. The summed E-state index contributed by atoms with van der Waals surface area (Å²) in [6.45, 7) is 3.90. The van der Waals surface area contributed by atoms with Crippen LogP contribution in [0.5, 0.6) is 0 Å². The van der Waals surface area contributed by atoms with Crippen LogP contribution in [-0.2, 0) is 4.74 Å². The van der Waals surface area contributed by atoms with Gasteiger partial charge in [0.1, 0.15) is 0 Å². The molecule has 1 aromatic heterocycles. The summed E-state index contributed by atoms with van der Waals surface area (Å²) in [5, 5.41) is 0. The minimum atomic E-state index is -0.487. The van der Waals surface area contributed by atoms with E-state index in [-0.39, 0.29) is 12.4 Å². The van der Waals surface area contributed by atoms with Crippen molar-refractivity contribution in [1.29, 1.82) is 0 Å². The van der Waals surface area contributed by atoms with Crippen LogP contribution in [0, 0.1) is 6.92 Å². The highest BCUT2D eigenvalue weighted by molar-refractivity contribution is 6.16. The second-order valence-corrected chi connectivity index (χ2v) is 5.71. The van der Waals surface area contributed by atoms with Gasteiger partial charge in [-0.05, 0) is 43.7 Å². The lowest BCUT2D eigenvalue weighted by Gasteiger charge is -2.16. The van der Waals surface area contributed by atoms with E-state index in [2.05, 4.69) is 0 Å². The van der Waals surface area contributed by atoms with Gasteiger partial charge < -0.3 is 9.30 Å². The molecule has 0 spiro atoms. The molecular formula is C21H19NO3. The Labute approximate surface area is 146 Å². The molecule has 3 rings (SSSR count). The third-order valence-electron chi connectivity index (χ3n) is 3.90. The number of carbonyl (C=O) groups is 2. The number of hydrogen-bond donors (Lipinski definition) is 0. The normalized spacial score (nSPS) is 10.5. The first-order valence-corrected chi connectivity index (χ1v) is 8.16. The molecule has 3 aromatic rings. The highest BCUT2D eigenvalue weighted by atomic mass is 16.5. The second-order valence-electron chi connectivity index (χ2n) is 5.71. The summed E-state index contributed by atoms with van der Waals surface area (Å²) in [7, 11) is 0. The number of hydrogen-bond acceptors (Lipinski definition) is 3. The average Bonchev–Trinajstić information content (AvgIpc) is 3.16. The molecule has 2 aromatic carbocycles. The number of rotatable bonds is 5. The molecule has 25 heavy (non-hydrogen) atoms. The fourth-order valence-electron chi connectivity index (χ4n) is 2.81. The highest BCUT2D eigenvalue weighted by Gasteiger charge is 2.24. The van der Waals surface area contributed by atoms with Crippen LogP contribution in [-0.4, -0.2) is 22.9 Å². The molecule has 0 aliphatic heterocycles. The van der Waals surface area contributed by atoms with Crippen molar-refractivity contribution < 1.29 is 14.3 Å². The number of aromatic nitrogens is 1. The van der Waals surface area contributed by atoms with Crippen LogP contribution in [0.25, 0.3) is 5.69 Å². The number of nitrogens with zero attached hydrogens (tertiary/aromatic N) is 1. The number of aryl methyl sites for hydroxylation is 1. The Morgan fingerprint density at radius 2 is 1.68 bits per heavy atom. The van der Waals surface area contributed by atoms with E-state index in [1.54, 1.807) is 37.3 Å². The predicted molar refractivity (Wildman–Crippen MR) is 96.3 cm³/mol. The van der Waals surface area contributed by atoms with E-state index >= 15 is 0 Å². The van der Waals surface area contributed by atoms with Crippen molar-refractivity contribution in [3.8, 4) is 5.69 Å². The summed E-state index contributed by atoms with van der Waals surface area (Å²) in [5.41, 5.74) is 2.73. The molecule has 4 heteroatoms. The van der Waals surface area contributed by atoms with Gasteiger partial charge in [-0.3, -0.25) is 4.79 Å². The second kappa shape index (κ2) is 7.18. The minimum absolute atomic E-state index is 0.202. The first-order valence-electron chi connectivity index (χ1n) is 8.16. The van der Waals surface area contributed by atoms with E-state index in [1.807, 2.05) is 48.1 Å². The number of esters is 1. The standard InChI is InChI=1S/C21H19NO3/c1-3-25-21(24)17-13-15(2)14-18(22-11-7-8-12-22)19(17)20(23)16-9-5-4-6-10-16/h4-14H,3H2,1-2H3. The molecule has 0 atom stereocenters. The molecule has 0 unspecified atom stereocenters. The molecule has 0 saturated heterocycles. The molecule has 0 N–H and O–H groups in total. The van der Waals surface area contributed by atoms with Crippen LogP contribution in [0.4, 0.5) is 0 Å². The van der Waals surface area contributed by atoms with Gasteiger partial charge >= 0.3 is 5.97 Å². The summed E-state index contributed by atoms with van der Waals surface area (Å²) >= 11 is 0. The molecule has 4 nitrogen and oxygen atoms in total. The number of ether oxygens (including phenoxy) is 1. The van der Waals surface area contributed by atoms with Gasteiger partial charge in [-0.15, -0.1) is 0 Å². The summed E-state index contributed by atoms with van der Waals surface area (Å²) < 4.78 is 7.02. The van der Waals surface area contributed by atoms with Crippen LogP contribution in [0.2, 0.25) is 0 Å². The predicted octanol–water partition coefficient (Wildman–Crippen LogP) is 4.19. The summed E-state index contributed by atoms with van der Waals surface area (Å²) in [5.74, 6) is -0.689. The van der Waals surface area contributed by atoms with E-state index in [0.29, 0.717) is 22.4 Å². The van der Waals surface area contributed by atoms with Crippen LogP contribution >= 0.6 is 0 Å². The fraction of sp³-hybridized carbons (Fsp3) is 0.143. The van der Waals surface area contributed by atoms with Gasteiger partial charge in [0.2, 0.25) is 0 Å². The molecule has 0 fully saturated rings. The number of benzene rings is 2. The van der Waals surface area contributed by atoms with Crippen molar-refractivity contribution in [2.24, 2.45) is 0 Å². The van der Waals surface area contributed by atoms with Crippen LogP contribution < -0.4 is 0 Å². The first kappa shape index (κ1) is 16.7. The van der Waals surface area contributed by atoms with Crippen molar-refractivity contribution in [1.82, 2.24) is 4.57 Å². The van der Waals surface area contributed by atoms with Crippen molar-refractivity contribution in [3.05, 3.63) is 89.2 Å². The maximum atomic E-state index is 13.2. The van der Waals surface area contributed by atoms with Gasteiger partial charge in [0.15, 0.2) is 5.78 Å². The first-order chi connectivity index (χ1) is 12.1. The Bertz CT molecular complexity index is 896. The molecule has 0 bridgehead atoms. The maximum absolute atomic E-state index is 13.2. The number of ketones is 1. The topological polar surface area (TPSA) is 48.3 Å². The van der Waals surface area contributed by atoms with Gasteiger partial charge in [-0.2, -0.15) is 0 Å². The monoisotopic (exact) mass is 333 g/mol. The Morgan fingerprint density at radius 1 is 1.00 bits per heavy atom. The van der Waals surface area contributed by atoms with Crippen molar-refractivity contribution in [2.45, 2.75) is 13.8 Å². The molecule has 0 amide bonds. The van der Waals surface area contributed by atoms with Gasteiger partial charge in [0.25, 0.3) is 0 Å². The van der Waals surface area contributed by atoms with Gasteiger partial charge in [-0.1, -0.05) is 30.3 Å². The quantitative estimate of drug-likeness (QED) is 0.519. The number of carbonyl (C=O) groups excluding carboxylic acids is 2. The van der Waals surface area contributed by atoms with Crippen molar-refractivity contribution in [3.63, 3.8) is 0 Å². The third kappa shape index (κ3) is 3.38. The minimum Gasteiger partial charge on any atom is -0.462 e. The van der Waals surface area contributed by atoms with Crippen LogP contribution in [0.1, 0.15) is 38.8 Å². The molecular weight excluding hydrogens is 314 g/mol. The van der Waals surface area contributed by atoms with E-state index in [9.17, 15) is 9.59 Å². The Hall–Kier alpha value is -3.14. The Morgan fingerprint density at radius 3 is 2.32 bits per heavy atom. The zero-order valence-corrected chi connectivity index (χ0v) is 14.2. The van der Waals surface area contributed by atoms with E-state index < -0.39 is 5.97 Å². The zero-order chi connectivity index (χ0) is 17.8. The lowest BCUT2D eigenvalue weighted by atomic mass is 9.94. The summed E-state index contributed by atoms with van der Waals surface area (Å²) in [6.07, 6.45) is 3.71. The van der Waals surface area contributed by atoms with Crippen LogP contribution in [0.3, 0.4) is 0 Å². The Kier molecular flexibility index (Phi) is 4.80. The van der Waals surface area contributed by atoms with Gasteiger partial charge in [0, 0.05) is 18.0 Å². The van der Waals surface area contributed by atoms with E-state index in [1.165, 1.54) is 0 Å². The smallest absolute Gasteiger partial charge is 0.338 e. The fourth-order valence-corrected chi connectivity index (χ4v) is 2.81. The summed E-state index contributed by atoms with van der Waals surface area (Å²) in [6, 6.07) is 16.3. The molecule has 1 heterocycles. The Balaban J connectivity index is 2.25. The molecule has 0 radical (unpaired) electrons. The van der Waals surface area contributed by atoms with Gasteiger partial charge in [0.05, 0.1) is 23.4 Å². The summed E-state index contributed by atoms with van der Waals surface area (Å²) in [4.78, 5) is 25.7. The SMILES string of the molecule is CCOC(=O)c1cc(C)cc(-n2cccc2)c1C(=O)c1ccccc1.